The van der Waals surface area contributed by atoms with Crippen molar-refractivity contribution in [2.45, 2.75) is 20.3 Å². The molecule has 2 aromatic rings. The van der Waals surface area contributed by atoms with Crippen molar-refractivity contribution in [3.63, 3.8) is 0 Å². The molecule has 0 unspecified atom stereocenters. The molecule has 0 atom stereocenters. The molecule has 1 aromatic heterocycles. The van der Waals surface area contributed by atoms with Gasteiger partial charge < -0.3 is 10.4 Å². The van der Waals surface area contributed by atoms with E-state index in [1.807, 2.05) is 19.9 Å². The standard InChI is InChI=1S/C12H13N3O2S/c1-3-8-11(18-15-14-8)12(17)13-9-5-4-7(2)6-10(9)16/h4-6,16H,3H2,1-2H3,(H,13,17). The third kappa shape index (κ3) is 2.48. The number of carbonyl (C=O) groups is 1. The van der Waals surface area contributed by atoms with Gasteiger partial charge in [-0.15, -0.1) is 5.10 Å². The molecule has 0 saturated carbocycles. The second kappa shape index (κ2) is 5.14. The Morgan fingerprint density at radius 2 is 2.28 bits per heavy atom. The van der Waals surface area contributed by atoms with E-state index in [4.69, 9.17) is 0 Å². The van der Waals surface area contributed by atoms with Crippen LogP contribution in [0.5, 0.6) is 5.75 Å². The van der Waals surface area contributed by atoms with Gasteiger partial charge >= 0.3 is 0 Å². The highest BCUT2D eigenvalue weighted by atomic mass is 32.1. The van der Waals surface area contributed by atoms with E-state index in [1.165, 1.54) is 0 Å². The van der Waals surface area contributed by atoms with E-state index < -0.39 is 0 Å². The van der Waals surface area contributed by atoms with Gasteiger partial charge in [-0.3, -0.25) is 4.79 Å². The number of aryl methyl sites for hydroxylation is 2. The molecule has 0 fully saturated rings. The van der Waals surface area contributed by atoms with Crippen molar-refractivity contribution in [2.24, 2.45) is 0 Å². The van der Waals surface area contributed by atoms with E-state index in [9.17, 15) is 9.90 Å². The molecule has 94 valence electrons. The molecule has 0 radical (unpaired) electrons. The number of rotatable bonds is 3. The molecular weight excluding hydrogens is 250 g/mol. The minimum absolute atomic E-state index is 0.0545. The summed E-state index contributed by atoms with van der Waals surface area (Å²) in [5, 5.41) is 16.3. The van der Waals surface area contributed by atoms with Crippen LogP contribution in [0.3, 0.4) is 0 Å². The van der Waals surface area contributed by atoms with E-state index in [1.54, 1.807) is 12.1 Å². The number of nitrogens with zero attached hydrogens (tertiary/aromatic N) is 2. The maximum Gasteiger partial charge on any atom is 0.269 e. The predicted molar refractivity (Wildman–Crippen MR) is 70.1 cm³/mol. The Hall–Kier alpha value is -1.95. The Balaban J connectivity index is 2.21. The zero-order valence-corrected chi connectivity index (χ0v) is 10.9. The third-order valence-electron chi connectivity index (χ3n) is 2.50. The molecule has 0 aliphatic carbocycles. The third-order valence-corrected chi connectivity index (χ3v) is 3.27. The van der Waals surface area contributed by atoms with Gasteiger partial charge in [0.2, 0.25) is 0 Å². The van der Waals surface area contributed by atoms with Crippen molar-refractivity contribution in [1.29, 1.82) is 0 Å². The maximum absolute atomic E-state index is 12.0. The second-order valence-corrected chi connectivity index (χ2v) is 4.63. The quantitative estimate of drug-likeness (QED) is 0.834. The van der Waals surface area contributed by atoms with Gasteiger partial charge in [-0.1, -0.05) is 17.5 Å². The van der Waals surface area contributed by atoms with Crippen molar-refractivity contribution in [3.8, 4) is 5.75 Å². The first-order valence-corrected chi connectivity index (χ1v) is 6.31. The minimum Gasteiger partial charge on any atom is -0.506 e. The summed E-state index contributed by atoms with van der Waals surface area (Å²) >= 11 is 1.06. The molecule has 0 aliphatic heterocycles. The van der Waals surface area contributed by atoms with Crippen LogP contribution < -0.4 is 5.32 Å². The number of amides is 1. The number of phenolic OH excluding ortho intramolecular Hbond substituents is 1. The van der Waals surface area contributed by atoms with Gasteiger partial charge in [0.25, 0.3) is 5.91 Å². The number of anilines is 1. The Labute approximate surface area is 109 Å². The lowest BCUT2D eigenvalue weighted by molar-refractivity contribution is 0.102. The first-order chi connectivity index (χ1) is 8.61. The summed E-state index contributed by atoms with van der Waals surface area (Å²) in [6.45, 7) is 3.78. The molecule has 1 aromatic carbocycles. The van der Waals surface area contributed by atoms with Crippen LogP contribution in [0.25, 0.3) is 0 Å². The summed E-state index contributed by atoms with van der Waals surface area (Å²) in [4.78, 5) is 12.5. The highest BCUT2D eigenvalue weighted by molar-refractivity contribution is 7.08. The molecule has 2 rings (SSSR count). The van der Waals surface area contributed by atoms with Gasteiger partial charge in [0.1, 0.15) is 10.6 Å². The average molecular weight is 263 g/mol. The van der Waals surface area contributed by atoms with Crippen LogP contribution in [0, 0.1) is 6.92 Å². The van der Waals surface area contributed by atoms with Crippen LogP contribution in [0.2, 0.25) is 0 Å². The van der Waals surface area contributed by atoms with Crippen LogP contribution in [-0.2, 0) is 6.42 Å². The van der Waals surface area contributed by atoms with Crippen molar-refractivity contribution >= 4 is 23.1 Å². The van der Waals surface area contributed by atoms with Crippen LogP contribution in [0.4, 0.5) is 5.69 Å². The minimum atomic E-state index is -0.291. The predicted octanol–water partition coefficient (Wildman–Crippen LogP) is 2.37. The fraction of sp³-hybridized carbons (Fsp3) is 0.250. The molecule has 0 spiro atoms. The number of hydrogen-bond acceptors (Lipinski definition) is 5. The summed E-state index contributed by atoms with van der Waals surface area (Å²) in [5.41, 5.74) is 1.99. The average Bonchev–Trinajstić information content (AvgIpc) is 2.81. The Morgan fingerprint density at radius 3 is 2.94 bits per heavy atom. The largest absolute Gasteiger partial charge is 0.506 e. The Bertz CT molecular complexity index is 580. The number of aromatic hydroxyl groups is 1. The number of aromatic nitrogens is 2. The summed E-state index contributed by atoms with van der Waals surface area (Å²) in [5.74, 6) is -0.236. The summed E-state index contributed by atoms with van der Waals surface area (Å²) in [6, 6.07) is 5.09. The molecular formula is C12H13N3O2S. The highest BCUT2D eigenvalue weighted by Crippen LogP contribution is 2.25. The van der Waals surface area contributed by atoms with Gasteiger partial charge in [0.15, 0.2) is 0 Å². The van der Waals surface area contributed by atoms with Gasteiger partial charge in [-0.05, 0) is 42.6 Å². The zero-order valence-electron chi connectivity index (χ0n) is 10.1. The number of phenols is 1. The molecule has 0 bridgehead atoms. The van der Waals surface area contributed by atoms with Crippen LogP contribution in [-0.4, -0.2) is 20.6 Å². The first kappa shape index (κ1) is 12.5. The normalized spacial score (nSPS) is 10.3. The smallest absolute Gasteiger partial charge is 0.269 e. The lowest BCUT2D eigenvalue weighted by atomic mass is 10.2. The fourth-order valence-electron chi connectivity index (χ4n) is 1.54. The molecule has 1 amide bonds. The van der Waals surface area contributed by atoms with E-state index in [2.05, 4.69) is 14.9 Å². The van der Waals surface area contributed by atoms with Crippen LogP contribution >= 0.6 is 11.5 Å². The van der Waals surface area contributed by atoms with E-state index in [-0.39, 0.29) is 11.7 Å². The van der Waals surface area contributed by atoms with Gasteiger partial charge in [0.05, 0.1) is 11.4 Å². The molecule has 18 heavy (non-hydrogen) atoms. The lowest BCUT2D eigenvalue weighted by Gasteiger charge is -2.07. The van der Waals surface area contributed by atoms with Crippen molar-refractivity contribution < 1.29 is 9.90 Å². The molecule has 1 heterocycles. The number of benzene rings is 1. The van der Waals surface area contributed by atoms with E-state index in [0.29, 0.717) is 22.7 Å². The topological polar surface area (TPSA) is 75.1 Å². The maximum atomic E-state index is 12.0. The van der Waals surface area contributed by atoms with Gasteiger partial charge in [-0.25, -0.2) is 0 Å². The molecule has 6 heteroatoms. The lowest BCUT2D eigenvalue weighted by Crippen LogP contribution is -2.12. The zero-order chi connectivity index (χ0) is 13.1. The number of carbonyl (C=O) groups excluding carboxylic acids is 1. The van der Waals surface area contributed by atoms with Gasteiger partial charge in [0, 0.05) is 0 Å². The van der Waals surface area contributed by atoms with Gasteiger partial charge in [-0.2, -0.15) is 0 Å². The monoisotopic (exact) mass is 263 g/mol. The summed E-state index contributed by atoms with van der Waals surface area (Å²) in [6.07, 6.45) is 0.652. The highest BCUT2D eigenvalue weighted by Gasteiger charge is 2.16. The van der Waals surface area contributed by atoms with Crippen LogP contribution in [0.1, 0.15) is 27.9 Å². The second-order valence-electron chi connectivity index (χ2n) is 3.88. The Morgan fingerprint density at radius 1 is 1.50 bits per heavy atom. The first-order valence-electron chi connectivity index (χ1n) is 5.54. The number of nitrogens with one attached hydrogen (secondary N) is 1. The SMILES string of the molecule is CCc1nnsc1C(=O)Nc1ccc(C)cc1O. The van der Waals surface area contributed by atoms with Crippen LogP contribution in [0.15, 0.2) is 18.2 Å². The molecule has 0 saturated heterocycles. The molecule has 5 nitrogen and oxygen atoms in total. The van der Waals surface area contributed by atoms with Crippen molar-refractivity contribution in [1.82, 2.24) is 9.59 Å². The summed E-state index contributed by atoms with van der Waals surface area (Å²) < 4.78 is 3.76. The fourth-order valence-corrected chi connectivity index (χ4v) is 2.18. The van der Waals surface area contributed by atoms with E-state index >= 15 is 0 Å². The Kier molecular flexibility index (Phi) is 3.57. The number of hydrogen-bond donors (Lipinski definition) is 2. The van der Waals surface area contributed by atoms with Crippen molar-refractivity contribution in [2.75, 3.05) is 5.32 Å². The van der Waals surface area contributed by atoms with E-state index in [0.717, 1.165) is 17.1 Å². The summed E-state index contributed by atoms with van der Waals surface area (Å²) in [7, 11) is 0. The molecule has 2 N–H and O–H groups in total. The van der Waals surface area contributed by atoms with Crippen molar-refractivity contribution in [3.05, 3.63) is 34.3 Å². The molecule has 0 aliphatic rings.